The number of primary amides is 1. The van der Waals surface area contributed by atoms with E-state index in [0.29, 0.717) is 17.7 Å². The molecule has 1 rings (SSSR count). The number of benzene rings is 1. The van der Waals surface area contributed by atoms with Crippen LogP contribution < -0.4 is 11.1 Å². The minimum Gasteiger partial charge on any atom is -0.366 e. The van der Waals surface area contributed by atoms with E-state index < -0.39 is 5.91 Å². The summed E-state index contributed by atoms with van der Waals surface area (Å²) >= 11 is 0. The lowest BCUT2D eigenvalue weighted by Crippen LogP contribution is -2.31. The predicted octanol–water partition coefficient (Wildman–Crippen LogP) is 1.18. The zero-order valence-electron chi connectivity index (χ0n) is 12.9. The van der Waals surface area contributed by atoms with E-state index in [-0.39, 0.29) is 12.3 Å². The molecule has 0 aliphatic carbocycles. The first-order chi connectivity index (χ1) is 10.1. The Hall–Kier alpha value is -1.88. The van der Waals surface area contributed by atoms with E-state index in [4.69, 9.17) is 5.73 Å². The van der Waals surface area contributed by atoms with Crippen molar-refractivity contribution < 1.29 is 9.59 Å². The Kier molecular flexibility index (Phi) is 7.46. The third kappa shape index (κ3) is 5.95. The summed E-state index contributed by atoms with van der Waals surface area (Å²) in [6.45, 7) is 7.93. The molecule has 0 aliphatic heterocycles. The smallest absolute Gasteiger partial charge is 0.248 e. The molecule has 0 aromatic heterocycles. The van der Waals surface area contributed by atoms with Crippen molar-refractivity contribution in [3.63, 3.8) is 0 Å². The summed E-state index contributed by atoms with van der Waals surface area (Å²) in [4.78, 5) is 25.5. The lowest BCUT2D eigenvalue weighted by Gasteiger charge is -2.17. The summed E-state index contributed by atoms with van der Waals surface area (Å²) in [5.74, 6) is -0.580. The average Bonchev–Trinajstić information content (AvgIpc) is 2.47. The Morgan fingerprint density at radius 3 is 2.48 bits per heavy atom. The van der Waals surface area contributed by atoms with Gasteiger partial charge in [-0.2, -0.15) is 0 Å². The van der Waals surface area contributed by atoms with Crippen LogP contribution in [-0.2, 0) is 11.2 Å². The number of nitrogens with zero attached hydrogens (tertiary/aromatic N) is 1. The molecule has 0 bridgehead atoms. The van der Waals surface area contributed by atoms with Gasteiger partial charge in [0.05, 0.1) is 6.42 Å². The minimum absolute atomic E-state index is 0.0803. The fourth-order valence-electron chi connectivity index (χ4n) is 2.22. The van der Waals surface area contributed by atoms with Gasteiger partial charge in [-0.3, -0.25) is 9.59 Å². The summed E-state index contributed by atoms with van der Waals surface area (Å²) < 4.78 is 0. The van der Waals surface area contributed by atoms with Crippen LogP contribution in [0.2, 0.25) is 0 Å². The van der Waals surface area contributed by atoms with Gasteiger partial charge >= 0.3 is 0 Å². The lowest BCUT2D eigenvalue weighted by atomic mass is 10.0. The molecule has 0 saturated carbocycles. The molecule has 0 spiro atoms. The van der Waals surface area contributed by atoms with Gasteiger partial charge in [-0.05, 0) is 37.7 Å². The zero-order chi connectivity index (χ0) is 15.7. The maximum atomic E-state index is 11.9. The van der Waals surface area contributed by atoms with Crippen LogP contribution >= 0.6 is 0 Å². The first-order valence-corrected chi connectivity index (χ1v) is 7.45. The number of rotatable bonds is 9. The Balaban J connectivity index is 2.39. The maximum absolute atomic E-state index is 11.9. The van der Waals surface area contributed by atoms with Crippen LogP contribution in [0, 0.1) is 0 Å². The van der Waals surface area contributed by atoms with Crippen molar-refractivity contribution in [1.29, 1.82) is 0 Å². The predicted molar refractivity (Wildman–Crippen MR) is 84.1 cm³/mol. The monoisotopic (exact) mass is 291 g/mol. The van der Waals surface area contributed by atoms with E-state index in [1.165, 1.54) is 0 Å². The Bertz CT molecular complexity index is 470. The highest BCUT2D eigenvalue weighted by Crippen LogP contribution is 2.08. The third-order valence-corrected chi connectivity index (χ3v) is 3.50. The molecule has 0 atom stereocenters. The van der Waals surface area contributed by atoms with E-state index in [2.05, 4.69) is 24.1 Å². The molecule has 116 valence electrons. The first kappa shape index (κ1) is 17.2. The SMILES string of the molecule is CCN(CC)CCCNC(=O)Cc1ccccc1C(N)=O. The summed E-state index contributed by atoms with van der Waals surface area (Å²) in [5, 5.41) is 2.88. The topological polar surface area (TPSA) is 75.4 Å². The molecular formula is C16H25N3O2. The summed E-state index contributed by atoms with van der Waals surface area (Å²) in [5.41, 5.74) is 6.38. The zero-order valence-corrected chi connectivity index (χ0v) is 12.9. The second-order valence-electron chi connectivity index (χ2n) is 4.93. The van der Waals surface area contributed by atoms with Gasteiger partial charge in [-0.1, -0.05) is 32.0 Å². The van der Waals surface area contributed by atoms with E-state index in [1.54, 1.807) is 24.3 Å². The quantitative estimate of drug-likeness (QED) is 0.671. The van der Waals surface area contributed by atoms with Crippen LogP contribution in [-0.4, -0.2) is 42.9 Å². The molecule has 1 aromatic carbocycles. The minimum atomic E-state index is -0.500. The Morgan fingerprint density at radius 2 is 1.86 bits per heavy atom. The van der Waals surface area contributed by atoms with Gasteiger partial charge in [0.1, 0.15) is 0 Å². The lowest BCUT2D eigenvalue weighted by molar-refractivity contribution is -0.120. The summed E-state index contributed by atoms with van der Waals surface area (Å²) in [7, 11) is 0. The van der Waals surface area contributed by atoms with Crippen molar-refractivity contribution in [3.8, 4) is 0 Å². The highest BCUT2D eigenvalue weighted by atomic mass is 16.2. The maximum Gasteiger partial charge on any atom is 0.248 e. The fourth-order valence-corrected chi connectivity index (χ4v) is 2.22. The second kappa shape index (κ2) is 9.13. The molecule has 0 unspecified atom stereocenters. The van der Waals surface area contributed by atoms with Crippen LogP contribution in [0.15, 0.2) is 24.3 Å². The summed E-state index contributed by atoms with van der Waals surface area (Å²) in [6, 6.07) is 6.95. The number of amides is 2. The van der Waals surface area contributed by atoms with Crippen molar-refractivity contribution in [2.24, 2.45) is 5.73 Å². The van der Waals surface area contributed by atoms with Crippen molar-refractivity contribution >= 4 is 11.8 Å². The van der Waals surface area contributed by atoms with Gasteiger partial charge in [-0.25, -0.2) is 0 Å². The number of carbonyl (C=O) groups excluding carboxylic acids is 2. The molecule has 1 aromatic rings. The van der Waals surface area contributed by atoms with Gasteiger partial charge in [0.15, 0.2) is 0 Å². The molecule has 5 nitrogen and oxygen atoms in total. The highest BCUT2D eigenvalue weighted by Gasteiger charge is 2.10. The number of hydrogen-bond donors (Lipinski definition) is 2. The van der Waals surface area contributed by atoms with Crippen molar-refractivity contribution in [2.75, 3.05) is 26.2 Å². The van der Waals surface area contributed by atoms with Crippen molar-refractivity contribution in [2.45, 2.75) is 26.7 Å². The van der Waals surface area contributed by atoms with E-state index >= 15 is 0 Å². The second-order valence-corrected chi connectivity index (χ2v) is 4.93. The van der Waals surface area contributed by atoms with Crippen molar-refractivity contribution in [3.05, 3.63) is 35.4 Å². The molecule has 0 saturated heterocycles. The highest BCUT2D eigenvalue weighted by molar-refractivity contribution is 5.95. The standard InChI is InChI=1S/C16H25N3O2/c1-3-19(4-2)11-7-10-18-15(20)12-13-8-5-6-9-14(13)16(17)21/h5-6,8-9H,3-4,7,10-12H2,1-2H3,(H2,17,21)(H,18,20). The number of carbonyl (C=O) groups is 2. The fraction of sp³-hybridized carbons (Fsp3) is 0.500. The van der Waals surface area contributed by atoms with Crippen molar-refractivity contribution in [1.82, 2.24) is 10.2 Å². The Labute approximate surface area is 126 Å². The normalized spacial score (nSPS) is 10.6. The molecule has 0 fully saturated rings. The van der Waals surface area contributed by atoms with Crippen LogP contribution in [0.1, 0.15) is 36.2 Å². The van der Waals surface area contributed by atoms with Gasteiger partial charge in [-0.15, -0.1) is 0 Å². The third-order valence-electron chi connectivity index (χ3n) is 3.50. The van der Waals surface area contributed by atoms with Gasteiger partial charge in [0, 0.05) is 12.1 Å². The molecule has 3 N–H and O–H groups in total. The van der Waals surface area contributed by atoms with Gasteiger partial charge in [0.2, 0.25) is 11.8 Å². The molecular weight excluding hydrogens is 266 g/mol. The van der Waals surface area contributed by atoms with Crippen LogP contribution in [0.25, 0.3) is 0 Å². The number of nitrogens with two attached hydrogens (primary N) is 1. The molecule has 0 radical (unpaired) electrons. The average molecular weight is 291 g/mol. The molecule has 5 heteroatoms. The molecule has 2 amide bonds. The molecule has 0 heterocycles. The largest absolute Gasteiger partial charge is 0.366 e. The molecule has 0 aliphatic rings. The number of hydrogen-bond acceptors (Lipinski definition) is 3. The van der Waals surface area contributed by atoms with E-state index in [0.717, 1.165) is 26.1 Å². The van der Waals surface area contributed by atoms with Crippen LogP contribution in [0.4, 0.5) is 0 Å². The van der Waals surface area contributed by atoms with E-state index in [9.17, 15) is 9.59 Å². The van der Waals surface area contributed by atoms with E-state index in [1.807, 2.05) is 0 Å². The van der Waals surface area contributed by atoms with Gasteiger partial charge in [0.25, 0.3) is 0 Å². The Morgan fingerprint density at radius 1 is 1.19 bits per heavy atom. The number of nitrogens with one attached hydrogen (secondary N) is 1. The first-order valence-electron chi connectivity index (χ1n) is 7.45. The van der Waals surface area contributed by atoms with Gasteiger partial charge < -0.3 is 16.0 Å². The van der Waals surface area contributed by atoms with Crippen LogP contribution in [0.5, 0.6) is 0 Å². The summed E-state index contributed by atoms with van der Waals surface area (Å²) in [6.07, 6.45) is 1.11. The van der Waals surface area contributed by atoms with Crippen LogP contribution in [0.3, 0.4) is 0 Å². The molecule has 21 heavy (non-hydrogen) atoms.